The van der Waals surface area contributed by atoms with Crippen LogP contribution in [0.2, 0.25) is 0 Å². The van der Waals surface area contributed by atoms with Gasteiger partial charge in [0.2, 0.25) is 5.91 Å². The fourth-order valence-electron chi connectivity index (χ4n) is 3.83. The number of hydrogen-bond donors (Lipinski definition) is 3. The third-order valence-electron chi connectivity index (χ3n) is 5.30. The number of fused-ring (bicyclic) bond motifs is 3. The van der Waals surface area contributed by atoms with Gasteiger partial charge in [-0.15, -0.1) is 0 Å². The number of carboxylic acid groups (broad SMARTS) is 1. The standard InChI is InChI=1S/C23H20BrN3O6/c24-20-9-13(33-27-20)11-25-22(30)19(10-21(28)29)26-23(31)32-12-18-16-7-3-1-5-14(16)15-6-2-4-8-17(15)18/h1-9,18-19H,10-12H2,(H,25,30)(H,26,31)(H,28,29). The number of carboxylic acids is 1. The number of carbonyl (C=O) groups is 3. The van der Waals surface area contributed by atoms with Crippen LogP contribution >= 0.6 is 15.9 Å². The summed E-state index contributed by atoms with van der Waals surface area (Å²) in [5, 5.41) is 17.7. The normalized spacial score (nSPS) is 13.0. The van der Waals surface area contributed by atoms with Crippen LogP contribution in [-0.4, -0.2) is 40.9 Å². The monoisotopic (exact) mass is 513 g/mol. The highest BCUT2D eigenvalue weighted by Gasteiger charge is 2.30. The Morgan fingerprint density at radius 3 is 2.30 bits per heavy atom. The minimum absolute atomic E-state index is 0.0140. The van der Waals surface area contributed by atoms with Gasteiger partial charge >= 0.3 is 12.1 Å². The molecule has 0 spiro atoms. The quantitative estimate of drug-likeness (QED) is 0.420. The van der Waals surface area contributed by atoms with E-state index in [1.165, 1.54) is 0 Å². The molecule has 1 aromatic heterocycles. The van der Waals surface area contributed by atoms with E-state index in [1.54, 1.807) is 6.07 Å². The van der Waals surface area contributed by atoms with Gasteiger partial charge in [-0.2, -0.15) is 0 Å². The first-order chi connectivity index (χ1) is 15.9. The minimum Gasteiger partial charge on any atom is -0.481 e. The van der Waals surface area contributed by atoms with Crippen LogP contribution in [0.15, 0.2) is 63.7 Å². The Balaban J connectivity index is 1.38. The van der Waals surface area contributed by atoms with E-state index in [-0.39, 0.29) is 19.1 Å². The molecule has 10 heteroatoms. The van der Waals surface area contributed by atoms with E-state index in [1.807, 2.05) is 48.5 Å². The van der Waals surface area contributed by atoms with E-state index in [2.05, 4.69) is 31.7 Å². The second-order valence-electron chi connectivity index (χ2n) is 7.45. The molecule has 0 saturated carbocycles. The molecule has 1 aliphatic carbocycles. The van der Waals surface area contributed by atoms with Gasteiger partial charge in [0, 0.05) is 12.0 Å². The summed E-state index contributed by atoms with van der Waals surface area (Å²) in [5.74, 6) is -1.71. The van der Waals surface area contributed by atoms with Gasteiger partial charge in [-0.1, -0.05) is 53.7 Å². The lowest BCUT2D eigenvalue weighted by Crippen LogP contribution is -2.48. The second-order valence-corrected chi connectivity index (χ2v) is 8.27. The van der Waals surface area contributed by atoms with Crippen LogP contribution in [0.5, 0.6) is 0 Å². The number of nitrogens with one attached hydrogen (secondary N) is 2. The van der Waals surface area contributed by atoms with Crippen LogP contribution in [0.4, 0.5) is 4.79 Å². The number of nitrogens with zero attached hydrogens (tertiary/aromatic N) is 1. The van der Waals surface area contributed by atoms with E-state index >= 15 is 0 Å². The van der Waals surface area contributed by atoms with Crippen LogP contribution in [-0.2, 0) is 20.9 Å². The van der Waals surface area contributed by atoms with Gasteiger partial charge < -0.3 is 25.0 Å². The van der Waals surface area contributed by atoms with Crippen molar-refractivity contribution in [3.05, 3.63) is 76.1 Å². The Kier molecular flexibility index (Phi) is 6.74. The zero-order valence-corrected chi connectivity index (χ0v) is 18.9. The molecule has 0 fully saturated rings. The molecular formula is C23H20BrN3O6. The van der Waals surface area contributed by atoms with Crippen molar-refractivity contribution < 1.29 is 28.8 Å². The van der Waals surface area contributed by atoms with Gasteiger partial charge in [-0.05, 0) is 38.2 Å². The summed E-state index contributed by atoms with van der Waals surface area (Å²) >= 11 is 3.13. The molecule has 0 saturated heterocycles. The molecule has 1 heterocycles. The van der Waals surface area contributed by atoms with Crippen molar-refractivity contribution in [1.29, 1.82) is 0 Å². The largest absolute Gasteiger partial charge is 0.481 e. The summed E-state index contributed by atoms with van der Waals surface area (Å²) in [6, 6.07) is 16.0. The molecule has 0 radical (unpaired) electrons. The minimum atomic E-state index is -1.32. The number of aliphatic carboxylic acids is 1. The Morgan fingerprint density at radius 1 is 1.09 bits per heavy atom. The summed E-state index contributed by atoms with van der Waals surface area (Å²) in [7, 11) is 0. The molecule has 3 aromatic rings. The van der Waals surface area contributed by atoms with Crippen molar-refractivity contribution in [3.8, 4) is 11.1 Å². The Hall–Kier alpha value is -3.66. The van der Waals surface area contributed by atoms with Crippen molar-refractivity contribution in [3.63, 3.8) is 0 Å². The molecule has 2 amide bonds. The lowest BCUT2D eigenvalue weighted by atomic mass is 9.98. The van der Waals surface area contributed by atoms with Gasteiger partial charge in [-0.25, -0.2) is 4.79 Å². The van der Waals surface area contributed by atoms with E-state index in [9.17, 15) is 14.4 Å². The number of benzene rings is 2. The van der Waals surface area contributed by atoms with Gasteiger partial charge in [0.25, 0.3) is 0 Å². The van der Waals surface area contributed by atoms with Crippen LogP contribution in [0.1, 0.15) is 29.2 Å². The maximum absolute atomic E-state index is 12.5. The Morgan fingerprint density at radius 2 is 1.73 bits per heavy atom. The molecule has 9 nitrogen and oxygen atoms in total. The fraction of sp³-hybridized carbons (Fsp3) is 0.217. The number of carbonyl (C=O) groups excluding carboxylic acids is 2. The average molecular weight is 514 g/mol. The molecule has 1 atom stereocenters. The molecular weight excluding hydrogens is 494 g/mol. The van der Waals surface area contributed by atoms with Crippen LogP contribution in [0.25, 0.3) is 11.1 Å². The number of amides is 2. The summed E-state index contributed by atoms with van der Waals surface area (Å²) in [4.78, 5) is 36.1. The van der Waals surface area contributed by atoms with Crippen LogP contribution < -0.4 is 10.6 Å². The highest BCUT2D eigenvalue weighted by molar-refractivity contribution is 9.10. The summed E-state index contributed by atoms with van der Waals surface area (Å²) < 4.78 is 10.8. The number of alkyl carbamates (subject to hydrolysis) is 1. The van der Waals surface area contributed by atoms with Crippen molar-refractivity contribution in [1.82, 2.24) is 15.8 Å². The zero-order valence-electron chi connectivity index (χ0n) is 17.3. The van der Waals surface area contributed by atoms with Gasteiger partial charge in [0.1, 0.15) is 17.3 Å². The molecule has 33 heavy (non-hydrogen) atoms. The maximum atomic E-state index is 12.5. The first-order valence-corrected chi connectivity index (χ1v) is 10.9. The number of ether oxygens (including phenoxy) is 1. The lowest BCUT2D eigenvalue weighted by molar-refractivity contribution is -0.139. The topological polar surface area (TPSA) is 131 Å². The van der Waals surface area contributed by atoms with E-state index < -0.39 is 30.4 Å². The predicted octanol–water partition coefficient (Wildman–Crippen LogP) is 3.44. The van der Waals surface area contributed by atoms with Crippen molar-refractivity contribution in [2.45, 2.75) is 24.9 Å². The van der Waals surface area contributed by atoms with Gasteiger partial charge in [-0.3, -0.25) is 9.59 Å². The third kappa shape index (κ3) is 5.23. The number of rotatable bonds is 8. The van der Waals surface area contributed by atoms with E-state index in [4.69, 9.17) is 14.4 Å². The maximum Gasteiger partial charge on any atom is 0.407 e. The van der Waals surface area contributed by atoms with E-state index in [0.717, 1.165) is 22.3 Å². The fourth-order valence-corrected chi connectivity index (χ4v) is 4.16. The van der Waals surface area contributed by atoms with Gasteiger partial charge in [0.05, 0.1) is 13.0 Å². The Labute approximate surface area is 197 Å². The predicted molar refractivity (Wildman–Crippen MR) is 120 cm³/mol. The summed E-state index contributed by atoms with van der Waals surface area (Å²) in [6.07, 6.45) is -1.48. The van der Waals surface area contributed by atoms with Crippen LogP contribution in [0, 0.1) is 0 Å². The third-order valence-corrected chi connectivity index (χ3v) is 5.67. The molecule has 2 aromatic carbocycles. The number of hydrogen-bond acceptors (Lipinski definition) is 6. The summed E-state index contributed by atoms with van der Waals surface area (Å²) in [6.45, 7) is 0.0350. The highest BCUT2D eigenvalue weighted by atomic mass is 79.9. The van der Waals surface area contributed by atoms with Gasteiger partial charge in [0.15, 0.2) is 5.76 Å². The SMILES string of the molecule is O=C(O)CC(NC(=O)OCC1c2ccccc2-c2ccccc21)C(=O)NCc1cc(Br)no1. The first kappa shape index (κ1) is 22.5. The average Bonchev–Trinajstić information content (AvgIpc) is 3.36. The lowest BCUT2D eigenvalue weighted by Gasteiger charge is -2.18. The molecule has 0 aliphatic heterocycles. The van der Waals surface area contributed by atoms with Crippen LogP contribution in [0.3, 0.4) is 0 Å². The molecule has 0 bridgehead atoms. The Bertz CT molecular complexity index is 1150. The molecule has 1 aliphatic rings. The molecule has 170 valence electrons. The first-order valence-electron chi connectivity index (χ1n) is 10.1. The smallest absolute Gasteiger partial charge is 0.407 e. The second kappa shape index (κ2) is 9.86. The molecule has 4 rings (SSSR count). The highest BCUT2D eigenvalue weighted by Crippen LogP contribution is 2.44. The molecule has 3 N–H and O–H groups in total. The van der Waals surface area contributed by atoms with Crippen molar-refractivity contribution in [2.24, 2.45) is 0 Å². The zero-order chi connectivity index (χ0) is 23.4. The number of aromatic nitrogens is 1. The van der Waals surface area contributed by atoms with Crippen molar-refractivity contribution in [2.75, 3.05) is 6.61 Å². The molecule has 1 unspecified atom stereocenters. The number of halogens is 1. The van der Waals surface area contributed by atoms with E-state index in [0.29, 0.717) is 10.4 Å². The summed E-state index contributed by atoms with van der Waals surface area (Å²) in [5.41, 5.74) is 4.27. The van der Waals surface area contributed by atoms with Crippen molar-refractivity contribution >= 4 is 33.9 Å².